The number of rotatable bonds is 5. The first-order chi connectivity index (χ1) is 9.69. The summed E-state index contributed by atoms with van der Waals surface area (Å²) in [4.78, 5) is 22.1. The number of nitrogens with one attached hydrogen (secondary N) is 1. The molecule has 0 atom stereocenters. The Morgan fingerprint density at radius 1 is 1.35 bits per heavy atom. The number of carbonyl (C=O) groups excluding carboxylic acids is 1. The van der Waals surface area contributed by atoms with Gasteiger partial charge in [-0.3, -0.25) is 0 Å². The summed E-state index contributed by atoms with van der Waals surface area (Å²) in [5, 5.41) is 3.25. The SMILES string of the molecule is COC(=O)c1nc(C)cc(NCCN2CCCCC2)n1. The first-order valence-electron chi connectivity index (χ1n) is 7.09. The Kier molecular flexibility index (Phi) is 5.29. The van der Waals surface area contributed by atoms with Gasteiger partial charge in [-0.05, 0) is 32.9 Å². The zero-order chi connectivity index (χ0) is 14.4. The van der Waals surface area contributed by atoms with Gasteiger partial charge in [0.1, 0.15) is 5.82 Å². The van der Waals surface area contributed by atoms with E-state index in [0.29, 0.717) is 5.82 Å². The molecule has 1 aliphatic heterocycles. The molecule has 0 unspecified atom stereocenters. The van der Waals surface area contributed by atoms with Crippen LogP contribution in [-0.2, 0) is 4.74 Å². The lowest BCUT2D eigenvalue weighted by molar-refractivity contribution is 0.0586. The second-order valence-corrected chi connectivity index (χ2v) is 5.04. The molecule has 0 amide bonds. The van der Waals surface area contributed by atoms with Crippen molar-refractivity contribution in [2.75, 3.05) is 38.6 Å². The molecule has 110 valence electrons. The van der Waals surface area contributed by atoms with Gasteiger partial charge >= 0.3 is 5.97 Å². The summed E-state index contributed by atoms with van der Waals surface area (Å²) in [6, 6.07) is 1.84. The Morgan fingerprint density at radius 2 is 2.10 bits per heavy atom. The summed E-state index contributed by atoms with van der Waals surface area (Å²) in [6.07, 6.45) is 3.93. The minimum absolute atomic E-state index is 0.105. The molecule has 0 aromatic carbocycles. The number of nitrogens with zero attached hydrogens (tertiary/aromatic N) is 3. The van der Waals surface area contributed by atoms with Gasteiger partial charge in [-0.1, -0.05) is 6.42 Å². The first-order valence-corrected chi connectivity index (χ1v) is 7.09. The van der Waals surface area contributed by atoms with Crippen LogP contribution in [0.4, 0.5) is 5.82 Å². The number of ether oxygens (including phenoxy) is 1. The number of hydrogen-bond acceptors (Lipinski definition) is 6. The van der Waals surface area contributed by atoms with E-state index in [1.807, 2.05) is 13.0 Å². The number of hydrogen-bond donors (Lipinski definition) is 1. The number of methoxy groups -OCH3 is 1. The van der Waals surface area contributed by atoms with Crippen LogP contribution in [-0.4, -0.2) is 54.1 Å². The minimum Gasteiger partial charge on any atom is -0.463 e. The summed E-state index contributed by atoms with van der Waals surface area (Å²) in [7, 11) is 1.33. The van der Waals surface area contributed by atoms with Crippen molar-refractivity contribution in [3.8, 4) is 0 Å². The molecule has 1 aromatic heterocycles. The van der Waals surface area contributed by atoms with Crippen LogP contribution in [0.25, 0.3) is 0 Å². The van der Waals surface area contributed by atoms with Crippen LogP contribution < -0.4 is 5.32 Å². The molecule has 1 aromatic rings. The average Bonchev–Trinajstić information content (AvgIpc) is 2.47. The van der Waals surface area contributed by atoms with Crippen molar-refractivity contribution >= 4 is 11.8 Å². The quantitative estimate of drug-likeness (QED) is 0.823. The summed E-state index contributed by atoms with van der Waals surface area (Å²) in [5.41, 5.74) is 0.751. The maximum absolute atomic E-state index is 11.5. The van der Waals surface area contributed by atoms with Crippen LogP contribution in [0.2, 0.25) is 0 Å². The van der Waals surface area contributed by atoms with E-state index in [4.69, 9.17) is 0 Å². The lowest BCUT2D eigenvalue weighted by atomic mass is 10.1. The second kappa shape index (κ2) is 7.19. The number of carbonyl (C=O) groups is 1. The number of esters is 1. The molecular weight excluding hydrogens is 256 g/mol. The number of aryl methyl sites for hydroxylation is 1. The highest BCUT2D eigenvalue weighted by molar-refractivity contribution is 5.85. The van der Waals surface area contributed by atoms with E-state index in [1.54, 1.807) is 0 Å². The maximum atomic E-state index is 11.5. The highest BCUT2D eigenvalue weighted by Gasteiger charge is 2.12. The lowest BCUT2D eigenvalue weighted by Crippen LogP contribution is -2.33. The maximum Gasteiger partial charge on any atom is 0.376 e. The molecule has 20 heavy (non-hydrogen) atoms. The summed E-state index contributed by atoms with van der Waals surface area (Å²) >= 11 is 0. The van der Waals surface area contributed by atoms with Crippen LogP contribution in [0, 0.1) is 6.92 Å². The predicted octanol–water partition coefficient (Wildman–Crippen LogP) is 1.47. The van der Waals surface area contributed by atoms with Crippen molar-refractivity contribution < 1.29 is 9.53 Å². The molecule has 1 N–H and O–H groups in total. The molecule has 6 heteroatoms. The van der Waals surface area contributed by atoms with Gasteiger partial charge in [-0.2, -0.15) is 0 Å². The van der Waals surface area contributed by atoms with Crippen molar-refractivity contribution in [1.29, 1.82) is 0 Å². The molecule has 2 heterocycles. The van der Waals surface area contributed by atoms with E-state index >= 15 is 0 Å². The fraction of sp³-hybridized carbons (Fsp3) is 0.643. The van der Waals surface area contributed by atoms with Crippen LogP contribution in [0.15, 0.2) is 6.07 Å². The van der Waals surface area contributed by atoms with Gasteiger partial charge in [0.25, 0.3) is 0 Å². The highest BCUT2D eigenvalue weighted by Crippen LogP contribution is 2.09. The van der Waals surface area contributed by atoms with Gasteiger partial charge < -0.3 is 15.0 Å². The third kappa shape index (κ3) is 4.16. The summed E-state index contributed by atoms with van der Waals surface area (Å²) < 4.78 is 4.65. The molecular formula is C14H22N4O2. The van der Waals surface area contributed by atoms with E-state index < -0.39 is 5.97 Å². The standard InChI is InChI=1S/C14H22N4O2/c1-11-10-12(17-13(16-11)14(19)20-2)15-6-9-18-7-4-3-5-8-18/h10H,3-9H2,1-2H3,(H,15,16,17). The molecule has 0 radical (unpaired) electrons. The highest BCUT2D eigenvalue weighted by atomic mass is 16.5. The van der Waals surface area contributed by atoms with E-state index in [0.717, 1.165) is 18.8 Å². The summed E-state index contributed by atoms with van der Waals surface area (Å²) in [6.45, 7) is 6.01. The monoisotopic (exact) mass is 278 g/mol. The average molecular weight is 278 g/mol. The Morgan fingerprint density at radius 3 is 2.80 bits per heavy atom. The Balaban J connectivity index is 1.88. The summed E-state index contributed by atoms with van der Waals surface area (Å²) in [5.74, 6) is 0.274. The van der Waals surface area contributed by atoms with Crippen molar-refractivity contribution in [1.82, 2.24) is 14.9 Å². The molecule has 1 aliphatic rings. The van der Waals surface area contributed by atoms with Gasteiger partial charge in [0, 0.05) is 24.8 Å². The molecule has 0 spiro atoms. The third-order valence-corrected chi connectivity index (χ3v) is 3.41. The van der Waals surface area contributed by atoms with Crippen LogP contribution in [0.1, 0.15) is 35.6 Å². The normalized spacial score (nSPS) is 15.9. The minimum atomic E-state index is -0.507. The molecule has 0 saturated carbocycles. The predicted molar refractivity (Wildman–Crippen MR) is 76.9 cm³/mol. The fourth-order valence-corrected chi connectivity index (χ4v) is 2.37. The Bertz CT molecular complexity index is 458. The number of likely N-dealkylation sites (tertiary alicyclic amines) is 1. The van der Waals surface area contributed by atoms with E-state index in [9.17, 15) is 4.79 Å². The van der Waals surface area contributed by atoms with Crippen LogP contribution in [0.5, 0.6) is 0 Å². The number of aromatic nitrogens is 2. The number of anilines is 1. The fourth-order valence-electron chi connectivity index (χ4n) is 2.37. The Hall–Kier alpha value is -1.69. The topological polar surface area (TPSA) is 67.3 Å². The molecule has 0 bridgehead atoms. The van der Waals surface area contributed by atoms with Crippen molar-refractivity contribution in [2.45, 2.75) is 26.2 Å². The largest absolute Gasteiger partial charge is 0.463 e. The van der Waals surface area contributed by atoms with Crippen molar-refractivity contribution in [3.05, 3.63) is 17.6 Å². The van der Waals surface area contributed by atoms with Crippen molar-refractivity contribution in [3.63, 3.8) is 0 Å². The molecule has 0 aliphatic carbocycles. The third-order valence-electron chi connectivity index (χ3n) is 3.41. The van der Waals surface area contributed by atoms with Crippen LogP contribution >= 0.6 is 0 Å². The van der Waals surface area contributed by atoms with E-state index in [1.165, 1.54) is 39.5 Å². The zero-order valence-corrected chi connectivity index (χ0v) is 12.2. The molecule has 6 nitrogen and oxygen atoms in total. The second-order valence-electron chi connectivity index (χ2n) is 5.04. The van der Waals surface area contributed by atoms with Gasteiger partial charge in [0.05, 0.1) is 7.11 Å². The smallest absolute Gasteiger partial charge is 0.376 e. The van der Waals surface area contributed by atoms with Gasteiger partial charge in [-0.25, -0.2) is 14.8 Å². The van der Waals surface area contributed by atoms with E-state index in [2.05, 4.69) is 24.9 Å². The zero-order valence-electron chi connectivity index (χ0n) is 12.2. The van der Waals surface area contributed by atoms with Gasteiger partial charge in [-0.15, -0.1) is 0 Å². The first kappa shape index (κ1) is 14.7. The van der Waals surface area contributed by atoms with E-state index in [-0.39, 0.29) is 5.82 Å². The Labute approximate surface area is 119 Å². The molecule has 1 saturated heterocycles. The van der Waals surface area contributed by atoms with Gasteiger partial charge in [0.2, 0.25) is 5.82 Å². The molecule has 2 rings (SSSR count). The number of piperidine rings is 1. The molecule has 1 fully saturated rings. The van der Waals surface area contributed by atoms with Crippen LogP contribution in [0.3, 0.4) is 0 Å². The lowest BCUT2D eigenvalue weighted by Gasteiger charge is -2.26. The van der Waals surface area contributed by atoms with Gasteiger partial charge in [0.15, 0.2) is 0 Å². The van der Waals surface area contributed by atoms with Crippen molar-refractivity contribution in [2.24, 2.45) is 0 Å².